The van der Waals surface area contributed by atoms with Gasteiger partial charge in [0.15, 0.2) is 0 Å². The molecule has 0 atom stereocenters. The summed E-state index contributed by atoms with van der Waals surface area (Å²) in [5.74, 6) is 1.09. The van der Waals surface area contributed by atoms with Crippen molar-refractivity contribution in [2.75, 3.05) is 6.54 Å². The van der Waals surface area contributed by atoms with E-state index in [0.29, 0.717) is 0 Å². The van der Waals surface area contributed by atoms with Crippen molar-refractivity contribution in [2.45, 2.75) is 26.6 Å². The standard InChI is InChI=1S/C11H17N5/c1-2-16-8-5-14-11(16)9-12-3-6-15-7-4-13-10-15/h4-5,7-8,10,12H,2-3,6,9H2,1H3. The molecule has 2 rings (SSSR count). The van der Waals surface area contributed by atoms with E-state index < -0.39 is 0 Å². The van der Waals surface area contributed by atoms with Gasteiger partial charge in [-0.15, -0.1) is 0 Å². The molecule has 0 aromatic carbocycles. The number of hydrogen-bond acceptors (Lipinski definition) is 3. The van der Waals surface area contributed by atoms with Gasteiger partial charge in [0.05, 0.1) is 12.9 Å². The van der Waals surface area contributed by atoms with Crippen LogP contribution < -0.4 is 5.32 Å². The molecule has 2 aromatic heterocycles. The van der Waals surface area contributed by atoms with E-state index in [1.165, 1.54) is 0 Å². The highest BCUT2D eigenvalue weighted by Gasteiger charge is 1.99. The third kappa shape index (κ3) is 2.70. The molecule has 1 N–H and O–H groups in total. The number of aryl methyl sites for hydroxylation is 1. The predicted octanol–water partition coefficient (Wildman–Crippen LogP) is 0.889. The Bertz CT molecular complexity index is 404. The average Bonchev–Trinajstić information content (AvgIpc) is 2.95. The minimum Gasteiger partial charge on any atom is -0.336 e. The normalized spacial score (nSPS) is 10.8. The van der Waals surface area contributed by atoms with Crippen LogP contribution in [0.4, 0.5) is 0 Å². The monoisotopic (exact) mass is 219 g/mol. The lowest BCUT2D eigenvalue weighted by Crippen LogP contribution is -2.21. The summed E-state index contributed by atoms with van der Waals surface area (Å²) in [5, 5.41) is 3.37. The van der Waals surface area contributed by atoms with Crippen LogP contribution in [0, 0.1) is 0 Å². The van der Waals surface area contributed by atoms with Crippen LogP contribution in [-0.4, -0.2) is 25.6 Å². The third-order valence-corrected chi connectivity index (χ3v) is 2.53. The molecule has 16 heavy (non-hydrogen) atoms. The molecule has 0 fully saturated rings. The molecule has 0 saturated carbocycles. The number of nitrogens with one attached hydrogen (secondary N) is 1. The van der Waals surface area contributed by atoms with Gasteiger partial charge in [-0.2, -0.15) is 0 Å². The summed E-state index contributed by atoms with van der Waals surface area (Å²) in [5.41, 5.74) is 0. The smallest absolute Gasteiger partial charge is 0.122 e. The van der Waals surface area contributed by atoms with E-state index in [1.54, 1.807) is 6.20 Å². The van der Waals surface area contributed by atoms with Crippen LogP contribution in [0.3, 0.4) is 0 Å². The highest BCUT2D eigenvalue weighted by atomic mass is 15.1. The van der Waals surface area contributed by atoms with E-state index in [-0.39, 0.29) is 0 Å². The first-order chi connectivity index (χ1) is 7.90. The minimum absolute atomic E-state index is 0.815. The SMILES string of the molecule is CCn1ccnc1CNCCn1ccnc1. The number of hydrogen-bond donors (Lipinski definition) is 1. The fraction of sp³-hybridized carbons (Fsp3) is 0.455. The van der Waals surface area contributed by atoms with E-state index in [0.717, 1.165) is 32.0 Å². The molecule has 5 nitrogen and oxygen atoms in total. The van der Waals surface area contributed by atoms with Crippen molar-refractivity contribution in [1.82, 2.24) is 24.4 Å². The summed E-state index contributed by atoms with van der Waals surface area (Å²) in [6, 6.07) is 0. The van der Waals surface area contributed by atoms with Crippen molar-refractivity contribution >= 4 is 0 Å². The highest BCUT2D eigenvalue weighted by Crippen LogP contribution is 1.96. The Hall–Kier alpha value is -1.62. The maximum Gasteiger partial charge on any atom is 0.122 e. The van der Waals surface area contributed by atoms with Crippen molar-refractivity contribution in [1.29, 1.82) is 0 Å². The first kappa shape index (κ1) is 10.9. The Kier molecular flexibility index (Phi) is 3.71. The number of nitrogens with zero attached hydrogens (tertiary/aromatic N) is 4. The maximum absolute atomic E-state index is 4.30. The second kappa shape index (κ2) is 5.46. The lowest BCUT2D eigenvalue weighted by molar-refractivity contribution is 0.566. The molecule has 86 valence electrons. The second-order valence-electron chi connectivity index (χ2n) is 3.61. The summed E-state index contributed by atoms with van der Waals surface area (Å²) in [6.07, 6.45) is 9.44. The van der Waals surface area contributed by atoms with Crippen molar-refractivity contribution in [2.24, 2.45) is 0 Å². The zero-order chi connectivity index (χ0) is 11.2. The highest BCUT2D eigenvalue weighted by molar-refractivity contribution is 4.91. The zero-order valence-corrected chi connectivity index (χ0v) is 9.50. The van der Waals surface area contributed by atoms with Crippen molar-refractivity contribution in [3.8, 4) is 0 Å². The Morgan fingerprint density at radius 3 is 3.00 bits per heavy atom. The lowest BCUT2D eigenvalue weighted by Gasteiger charge is -2.06. The molecule has 0 aliphatic heterocycles. The van der Waals surface area contributed by atoms with Crippen LogP contribution in [0.5, 0.6) is 0 Å². The van der Waals surface area contributed by atoms with Crippen molar-refractivity contribution < 1.29 is 0 Å². The fourth-order valence-corrected chi connectivity index (χ4v) is 1.62. The van der Waals surface area contributed by atoms with Crippen molar-refractivity contribution in [3.63, 3.8) is 0 Å². The summed E-state index contributed by atoms with van der Waals surface area (Å²) in [6.45, 7) is 5.77. The van der Waals surface area contributed by atoms with E-state index >= 15 is 0 Å². The quantitative estimate of drug-likeness (QED) is 0.734. The van der Waals surface area contributed by atoms with E-state index in [1.807, 2.05) is 24.9 Å². The Labute approximate surface area is 95.1 Å². The van der Waals surface area contributed by atoms with Crippen LogP contribution >= 0.6 is 0 Å². The Balaban J connectivity index is 1.72. The van der Waals surface area contributed by atoms with Gasteiger partial charge in [-0.05, 0) is 6.92 Å². The molecule has 0 aliphatic rings. The molecule has 0 bridgehead atoms. The van der Waals surface area contributed by atoms with E-state index in [9.17, 15) is 0 Å². The van der Waals surface area contributed by atoms with Crippen LogP contribution in [0.1, 0.15) is 12.7 Å². The lowest BCUT2D eigenvalue weighted by atomic mass is 10.5. The predicted molar refractivity (Wildman–Crippen MR) is 61.8 cm³/mol. The first-order valence-corrected chi connectivity index (χ1v) is 5.56. The molecular formula is C11H17N5. The van der Waals surface area contributed by atoms with Gasteiger partial charge >= 0.3 is 0 Å². The Morgan fingerprint density at radius 2 is 2.25 bits per heavy atom. The summed E-state index contributed by atoms with van der Waals surface area (Å²) in [7, 11) is 0. The van der Waals surface area contributed by atoms with E-state index in [4.69, 9.17) is 0 Å². The fourth-order valence-electron chi connectivity index (χ4n) is 1.62. The van der Waals surface area contributed by atoms with Gasteiger partial charge in [0.25, 0.3) is 0 Å². The number of rotatable bonds is 6. The first-order valence-electron chi connectivity index (χ1n) is 5.56. The van der Waals surface area contributed by atoms with Gasteiger partial charge in [0.1, 0.15) is 5.82 Å². The van der Waals surface area contributed by atoms with Crippen LogP contribution in [0.15, 0.2) is 31.1 Å². The average molecular weight is 219 g/mol. The molecule has 0 unspecified atom stereocenters. The van der Waals surface area contributed by atoms with Gasteiger partial charge in [0.2, 0.25) is 0 Å². The number of imidazole rings is 2. The van der Waals surface area contributed by atoms with Crippen LogP contribution in [0.25, 0.3) is 0 Å². The number of aromatic nitrogens is 4. The van der Waals surface area contributed by atoms with Crippen molar-refractivity contribution in [3.05, 3.63) is 36.9 Å². The van der Waals surface area contributed by atoms with Gasteiger partial charge in [-0.3, -0.25) is 0 Å². The molecule has 5 heteroatoms. The van der Waals surface area contributed by atoms with Gasteiger partial charge < -0.3 is 14.5 Å². The zero-order valence-electron chi connectivity index (χ0n) is 9.50. The van der Waals surface area contributed by atoms with Crippen LogP contribution in [-0.2, 0) is 19.6 Å². The molecule has 0 spiro atoms. The second-order valence-corrected chi connectivity index (χ2v) is 3.61. The Morgan fingerprint density at radius 1 is 1.31 bits per heavy atom. The summed E-state index contributed by atoms with van der Waals surface area (Å²) < 4.78 is 4.20. The van der Waals surface area contributed by atoms with Crippen LogP contribution in [0.2, 0.25) is 0 Å². The molecule has 0 radical (unpaired) electrons. The maximum atomic E-state index is 4.30. The topological polar surface area (TPSA) is 47.7 Å². The van der Waals surface area contributed by atoms with E-state index in [2.05, 4.69) is 31.3 Å². The molecule has 2 heterocycles. The largest absolute Gasteiger partial charge is 0.336 e. The van der Waals surface area contributed by atoms with Gasteiger partial charge in [0, 0.05) is 44.4 Å². The molecule has 0 saturated heterocycles. The minimum atomic E-state index is 0.815. The summed E-state index contributed by atoms with van der Waals surface area (Å²) >= 11 is 0. The third-order valence-electron chi connectivity index (χ3n) is 2.53. The van der Waals surface area contributed by atoms with Gasteiger partial charge in [-0.25, -0.2) is 9.97 Å². The molecule has 0 aliphatic carbocycles. The molecular weight excluding hydrogens is 202 g/mol. The summed E-state index contributed by atoms with van der Waals surface area (Å²) in [4.78, 5) is 8.30. The van der Waals surface area contributed by atoms with Gasteiger partial charge in [-0.1, -0.05) is 0 Å². The molecule has 2 aromatic rings. The molecule has 0 amide bonds.